The molecule has 27 heavy (non-hydrogen) atoms. The predicted molar refractivity (Wildman–Crippen MR) is 97.7 cm³/mol. The van der Waals surface area contributed by atoms with E-state index in [1.165, 1.54) is 10.4 Å². The summed E-state index contributed by atoms with van der Waals surface area (Å²) in [7, 11) is -3.40. The summed E-state index contributed by atoms with van der Waals surface area (Å²) < 4.78 is 44.4. The Labute approximate surface area is 158 Å². The molecule has 0 aromatic heterocycles. The van der Waals surface area contributed by atoms with Gasteiger partial charge >= 0.3 is 0 Å². The Kier molecular flexibility index (Phi) is 6.43. The van der Waals surface area contributed by atoms with Crippen LogP contribution in [0.2, 0.25) is 0 Å². The minimum atomic E-state index is -3.40. The fourth-order valence-electron chi connectivity index (χ4n) is 3.21. The molecule has 2 saturated heterocycles. The van der Waals surface area contributed by atoms with Gasteiger partial charge in [-0.1, -0.05) is 12.1 Å². The molecule has 8 nitrogen and oxygen atoms in total. The summed E-state index contributed by atoms with van der Waals surface area (Å²) in [5.41, 5.74) is 7.40. The van der Waals surface area contributed by atoms with Gasteiger partial charge in [-0.05, 0) is 30.5 Å². The lowest BCUT2D eigenvalue weighted by Gasteiger charge is -2.26. The van der Waals surface area contributed by atoms with Crippen molar-refractivity contribution in [1.29, 1.82) is 0 Å². The van der Waals surface area contributed by atoms with Gasteiger partial charge in [0, 0.05) is 25.7 Å². The number of rotatable bonds is 6. The van der Waals surface area contributed by atoms with Crippen molar-refractivity contribution in [2.75, 3.05) is 38.6 Å². The topological polar surface area (TPSA) is 99.8 Å². The molecule has 10 heteroatoms. The van der Waals surface area contributed by atoms with Crippen LogP contribution in [-0.4, -0.2) is 63.3 Å². The maximum Gasteiger partial charge on any atom is 0.238 e. The van der Waals surface area contributed by atoms with Crippen LogP contribution in [-0.2, 0) is 19.6 Å². The van der Waals surface area contributed by atoms with Crippen LogP contribution in [0.25, 0.3) is 0 Å². The van der Waals surface area contributed by atoms with E-state index in [4.69, 9.17) is 4.74 Å². The maximum absolute atomic E-state index is 13.4. The second kappa shape index (κ2) is 8.61. The van der Waals surface area contributed by atoms with E-state index in [1.54, 1.807) is 19.1 Å². The van der Waals surface area contributed by atoms with E-state index >= 15 is 0 Å². The van der Waals surface area contributed by atoms with Crippen LogP contribution in [0.15, 0.2) is 18.2 Å². The van der Waals surface area contributed by atoms with Crippen LogP contribution < -0.4 is 16.2 Å². The van der Waals surface area contributed by atoms with E-state index in [0.29, 0.717) is 38.3 Å². The molecular formula is C17H25FN4O4S. The van der Waals surface area contributed by atoms with Gasteiger partial charge in [0.1, 0.15) is 11.9 Å². The summed E-state index contributed by atoms with van der Waals surface area (Å²) in [6.45, 7) is 3.24. The van der Waals surface area contributed by atoms with Crippen molar-refractivity contribution in [2.24, 2.45) is 0 Å². The molecule has 2 unspecified atom stereocenters. The number of ether oxygens (including phenoxy) is 1. The number of nitrogens with zero attached hydrogens (tertiary/aromatic N) is 1. The Bertz CT molecular complexity index is 783. The molecule has 2 fully saturated rings. The molecule has 0 radical (unpaired) electrons. The van der Waals surface area contributed by atoms with Crippen molar-refractivity contribution >= 4 is 15.9 Å². The molecule has 2 aliphatic heterocycles. The molecule has 1 aromatic carbocycles. The number of morpholine rings is 1. The molecule has 150 valence electrons. The number of nitrogens with one attached hydrogen (secondary N) is 3. The maximum atomic E-state index is 13.4. The van der Waals surface area contributed by atoms with Crippen molar-refractivity contribution in [3.05, 3.63) is 35.1 Å². The summed E-state index contributed by atoms with van der Waals surface area (Å²) in [5, 5.41) is 2.67. The predicted octanol–water partition coefficient (Wildman–Crippen LogP) is -0.180. The molecular weight excluding hydrogens is 375 g/mol. The van der Waals surface area contributed by atoms with Crippen molar-refractivity contribution in [3.8, 4) is 0 Å². The van der Waals surface area contributed by atoms with Gasteiger partial charge in [0.2, 0.25) is 15.9 Å². The van der Waals surface area contributed by atoms with Gasteiger partial charge in [-0.2, -0.15) is 4.31 Å². The van der Waals surface area contributed by atoms with E-state index in [9.17, 15) is 17.6 Å². The first-order chi connectivity index (χ1) is 12.9. The van der Waals surface area contributed by atoms with Gasteiger partial charge in [-0.25, -0.2) is 23.7 Å². The van der Waals surface area contributed by atoms with Crippen molar-refractivity contribution < 1.29 is 22.3 Å². The Morgan fingerprint density at radius 1 is 1.33 bits per heavy atom. The third kappa shape index (κ3) is 5.02. The Hall–Kier alpha value is -1.59. The van der Waals surface area contributed by atoms with Crippen molar-refractivity contribution in [1.82, 2.24) is 20.5 Å². The lowest BCUT2D eigenvalue weighted by Crippen LogP contribution is -2.46. The average Bonchev–Trinajstić information content (AvgIpc) is 3.15. The highest BCUT2D eigenvalue weighted by Crippen LogP contribution is 2.24. The van der Waals surface area contributed by atoms with Crippen molar-refractivity contribution in [3.63, 3.8) is 0 Å². The number of carbonyl (C=O) groups is 1. The molecule has 0 saturated carbocycles. The summed E-state index contributed by atoms with van der Waals surface area (Å²) in [6, 6.07) is 4.26. The summed E-state index contributed by atoms with van der Waals surface area (Å²) in [6.07, 6.45) is 0.493. The number of amides is 1. The van der Waals surface area contributed by atoms with Gasteiger partial charge in [-0.3, -0.25) is 4.79 Å². The number of halogens is 1. The molecule has 0 aliphatic carbocycles. The highest BCUT2D eigenvalue weighted by atomic mass is 32.2. The molecule has 2 aliphatic rings. The quantitative estimate of drug-likeness (QED) is 0.613. The normalized spacial score (nSPS) is 24.1. The number of hydrogen-bond acceptors (Lipinski definition) is 6. The first-order valence-corrected chi connectivity index (χ1v) is 10.6. The third-order valence-corrected chi connectivity index (χ3v) is 6.70. The molecule has 0 bridgehead atoms. The lowest BCUT2D eigenvalue weighted by atomic mass is 10.00. The van der Waals surface area contributed by atoms with Crippen LogP contribution in [0.4, 0.5) is 4.39 Å². The Morgan fingerprint density at radius 3 is 2.78 bits per heavy atom. The number of hydrogen-bond donors (Lipinski definition) is 3. The van der Waals surface area contributed by atoms with Crippen LogP contribution in [0, 0.1) is 12.7 Å². The number of sulfonamides is 1. The lowest BCUT2D eigenvalue weighted by molar-refractivity contribution is -0.122. The van der Waals surface area contributed by atoms with Gasteiger partial charge < -0.3 is 10.1 Å². The molecule has 3 rings (SSSR count). The zero-order valence-corrected chi connectivity index (χ0v) is 16.0. The smallest absolute Gasteiger partial charge is 0.238 e. The highest BCUT2D eigenvalue weighted by Gasteiger charge is 2.31. The molecule has 1 amide bonds. The standard InChI is InChI=1S/C17H25FN4O4S/c1-12-10-13(2-3-14(12)18)15-11-16(21-20-15)17(23)19-4-9-27(24,25)22-5-7-26-8-6-22/h2-3,10,15-16,20-21H,4-9,11H2,1H3,(H,19,23). The zero-order chi connectivity index (χ0) is 19.4. The minimum Gasteiger partial charge on any atom is -0.379 e. The van der Waals surface area contributed by atoms with E-state index in [2.05, 4.69) is 16.2 Å². The minimum absolute atomic E-state index is 0.0526. The van der Waals surface area contributed by atoms with Crippen LogP contribution in [0.1, 0.15) is 23.6 Å². The fourth-order valence-corrected chi connectivity index (χ4v) is 4.54. The van der Waals surface area contributed by atoms with Crippen LogP contribution >= 0.6 is 0 Å². The van der Waals surface area contributed by atoms with E-state index < -0.39 is 16.1 Å². The second-order valence-electron chi connectivity index (χ2n) is 6.76. The van der Waals surface area contributed by atoms with Gasteiger partial charge in [0.05, 0.1) is 19.0 Å². The molecule has 2 atom stereocenters. The molecule has 3 N–H and O–H groups in total. The number of hydrazine groups is 1. The van der Waals surface area contributed by atoms with Gasteiger partial charge in [0.25, 0.3) is 0 Å². The first kappa shape index (κ1) is 20.2. The largest absolute Gasteiger partial charge is 0.379 e. The number of benzene rings is 1. The van der Waals surface area contributed by atoms with Gasteiger partial charge in [-0.15, -0.1) is 0 Å². The van der Waals surface area contributed by atoms with E-state index in [1.807, 2.05) is 0 Å². The Balaban J connectivity index is 1.47. The SMILES string of the molecule is Cc1cc(C2CC(C(=O)NCCS(=O)(=O)N3CCOCC3)NN2)ccc1F. The number of aryl methyl sites for hydroxylation is 1. The van der Waals surface area contributed by atoms with Crippen LogP contribution in [0.5, 0.6) is 0 Å². The van der Waals surface area contributed by atoms with Crippen molar-refractivity contribution in [2.45, 2.75) is 25.4 Å². The average molecular weight is 400 g/mol. The molecule has 1 aromatic rings. The zero-order valence-electron chi connectivity index (χ0n) is 15.2. The summed E-state index contributed by atoms with van der Waals surface area (Å²) in [5.74, 6) is -0.666. The monoisotopic (exact) mass is 400 g/mol. The van der Waals surface area contributed by atoms with E-state index in [-0.39, 0.29) is 30.1 Å². The molecule has 2 heterocycles. The molecule has 0 spiro atoms. The first-order valence-electron chi connectivity index (χ1n) is 8.97. The third-order valence-electron chi connectivity index (χ3n) is 4.83. The highest BCUT2D eigenvalue weighted by molar-refractivity contribution is 7.89. The summed E-state index contributed by atoms with van der Waals surface area (Å²) >= 11 is 0. The number of carbonyl (C=O) groups excluding carboxylic acids is 1. The fraction of sp³-hybridized carbons (Fsp3) is 0.588. The summed E-state index contributed by atoms with van der Waals surface area (Å²) in [4.78, 5) is 12.3. The Morgan fingerprint density at radius 2 is 2.07 bits per heavy atom. The van der Waals surface area contributed by atoms with E-state index in [0.717, 1.165) is 5.56 Å². The van der Waals surface area contributed by atoms with Gasteiger partial charge in [0.15, 0.2) is 0 Å². The van der Waals surface area contributed by atoms with Crippen LogP contribution in [0.3, 0.4) is 0 Å². The second-order valence-corrected chi connectivity index (χ2v) is 8.85.